The molecule has 4 rings (SSSR count). The Bertz CT molecular complexity index is 1230. The molecule has 0 saturated heterocycles. The van der Waals surface area contributed by atoms with Crippen molar-refractivity contribution in [2.75, 3.05) is 28.6 Å². The maximum absolute atomic E-state index is 14.6. The Kier molecular flexibility index (Phi) is 6.10. The van der Waals surface area contributed by atoms with E-state index in [4.69, 9.17) is 11.6 Å². The number of fused-ring (bicyclic) bond motifs is 1. The number of nitrogens with zero attached hydrogens (tertiary/aromatic N) is 2. The number of rotatable bonds is 4. The minimum absolute atomic E-state index is 0.0310. The van der Waals surface area contributed by atoms with Gasteiger partial charge in [-0.05, 0) is 73.0 Å². The van der Waals surface area contributed by atoms with Gasteiger partial charge in [0.15, 0.2) is 0 Å². The van der Waals surface area contributed by atoms with Crippen LogP contribution in [0, 0.1) is 18.6 Å². The number of pyridine rings is 1. The Hall–Kier alpha value is -3.45. The highest BCUT2D eigenvalue weighted by atomic mass is 35.5. The molecule has 0 atom stereocenters. The zero-order valence-corrected chi connectivity index (χ0v) is 18.3. The number of amides is 2. The summed E-state index contributed by atoms with van der Waals surface area (Å²) < 4.78 is 28.0. The van der Waals surface area contributed by atoms with Gasteiger partial charge in [0, 0.05) is 36.2 Å². The van der Waals surface area contributed by atoms with Crippen molar-refractivity contribution in [1.29, 1.82) is 0 Å². The van der Waals surface area contributed by atoms with Crippen molar-refractivity contribution in [3.05, 3.63) is 82.1 Å². The molecule has 32 heavy (non-hydrogen) atoms. The lowest BCUT2D eigenvalue weighted by Crippen LogP contribution is -2.28. The number of aryl methyl sites for hydroxylation is 1. The first-order chi connectivity index (χ1) is 15.3. The molecule has 3 aromatic rings. The Morgan fingerprint density at radius 1 is 1.19 bits per heavy atom. The van der Waals surface area contributed by atoms with Crippen molar-refractivity contribution >= 4 is 46.3 Å². The number of urea groups is 1. The third-order valence-corrected chi connectivity index (χ3v) is 5.49. The number of nitrogens with one attached hydrogen (secondary N) is 2. The predicted molar refractivity (Wildman–Crippen MR) is 125 cm³/mol. The molecule has 2 heterocycles. The number of likely N-dealkylation sites (N-methyl/N-ethyl adjacent to an activating group) is 1. The summed E-state index contributed by atoms with van der Waals surface area (Å²) in [6, 6.07) is 9.64. The van der Waals surface area contributed by atoms with E-state index in [9.17, 15) is 13.6 Å². The summed E-state index contributed by atoms with van der Waals surface area (Å²) >= 11 is 6.06. The number of hydrogen-bond acceptors (Lipinski definition) is 3. The molecule has 5 nitrogen and oxygen atoms in total. The molecule has 1 aliphatic heterocycles. The van der Waals surface area contributed by atoms with Crippen LogP contribution in [0.4, 0.5) is 30.6 Å². The average Bonchev–Trinajstić information content (AvgIpc) is 2.75. The normalized spacial score (nSPS) is 12.8. The van der Waals surface area contributed by atoms with Gasteiger partial charge in [0.2, 0.25) is 0 Å². The molecule has 2 amide bonds. The molecule has 2 aromatic carbocycles. The van der Waals surface area contributed by atoms with Crippen LogP contribution in [0.1, 0.15) is 23.6 Å². The topological polar surface area (TPSA) is 57.3 Å². The van der Waals surface area contributed by atoms with Crippen molar-refractivity contribution in [3.8, 4) is 0 Å². The van der Waals surface area contributed by atoms with Gasteiger partial charge in [-0.3, -0.25) is 0 Å². The molecular weight excluding hydrogens is 434 g/mol. The summed E-state index contributed by atoms with van der Waals surface area (Å²) in [5, 5.41) is 5.45. The van der Waals surface area contributed by atoms with Crippen LogP contribution in [0.2, 0.25) is 5.15 Å². The number of hydrogen-bond donors (Lipinski definition) is 2. The summed E-state index contributed by atoms with van der Waals surface area (Å²) in [6.07, 6.45) is 3.71. The summed E-state index contributed by atoms with van der Waals surface area (Å²) in [5.41, 5.74) is 4.73. The third kappa shape index (κ3) is 4.57. The van der Waals surface area contributed by atoms with Gasteiger partial charge in [0.1, 0.15) is 16.8 Å². The second-order valence-corrected chi connectivity index (χ2v) is 7.87. The zero-order valence-electron chi connectivity index (χ0n) is 17.5. The number of aromatic nitrogens is 1. The van der Waals surface area contributed by atoms with E-state index in [-0.39, 0.29) is 11.4 Å². The van der Waals surface area contributed by atoms with E-state index < -0.39 is 17.7 Å². The smallest absolute Gasteiger partial charge is 0.323 e. The highest BCUT2D eigenvalue weighted by Gasteiger charge is 2.21. The first kappa shape index (κ1) is 21.8. The van der Waals surface area contributed by atoms with Crippen molar-refractivity contribution < 1.29 is 13.6 Å². The average molecular weight is 455 g/mol. The van der Waals surface area contributed by atoms with Crippen LogP contribution in [-0.4, -0.2) is 24.1 Å². The Labute approximate surface area is 189 Å². The van der Waals surface area contributed by atoms with Crippen LogP contribution in [0.3, 0.4) is 0 Å². The Morgan fingerprint density at radius 3 is 2.75 bits per heavy atom. The molecule has 0 bridgehead atoms. The van der Waals surface area contributed by atoms with E-state index in [2.05, 4.69) is 20.5 Å². The monoisotopic (exact) mass is 454 g/mol. The number of halogens is 3. The quantitative estimate of drug-likeness (QED) is 0.452. The zero-order chi connectivity index (χ0) is 22.8. The SMILES string of the molecule is CCN1CC(c2cc(NC(=O)Nc3cccc(F)c3)c(F)cc2C)=Cc2cnc(Cl)cc21. The molecule has 0 aliphatic carbocycles. The van der Waals surface area contributed by atoms with E-state index in [1.165, 1.54) is 24.3 Å². The van der Waals surface area contributed by atoms with Gasteiger partial charge in [-0.15, -0.1) is 0 Å². The molecule has 1 aliphatic rings. The van der Waals surface area contributed by atoms with Crippen LogP contribution < -0.4 is 15.5 Å². The number of anilines is 3. The molecular formula is C24H21ClF2N4O. The minimum atomic E-state index is -0.665. The molecule has 0 radical (unpaired) electrons. The van der Waals surface area contributed by atoms with Gasteiger partial charge in [-0.1, -0.05) is 17.7 Å². The van der Waals surface area contributed by atoms with Gasteiger partial charge in [0.05, 0.1) is 5.69 Å². The van der Waals surface area contributed by atoms with Crippen molar-refractivity contribution in [1.82, 2.24) is 4.98 Å². The second kappa shape index (κ2) is 8.96. The molecule has 0 spiro atoms. The van der Waals surface area contributed by atoms with Crippen LogP contribution in [-0.2, 0) is 0 Å². The summed E-state index contributed by atoms with van der Waals surface area (Å²) in [6.45, 7) is 5.22. The minimum Gasteiger partial charge on any atom is -0.367 e. The van der Waals surface area contributed by atoms with Gasteiger partial charge in [-0.2, -0.15) is 0 Å². The van der Waals surface area contributed by atoms with E-state index in [0.29, 0.717) is 11.7 Å². The van der Waals surface area contributed by atoms with E-state index in [1.807, 2.05) is 26.0 Å². The Balaban J connectivity index is 1.64. The van der Waals surface area contributed by atoms with Crippen LogP contribution in [0.25, 0.3) is 11.6 Å². The van der Waals surface area contributed by atoms with E-state index in [1.54, 1.807) is 18.3 Å². The van der Waals surface area contributed by atoms with E-state index >= 15 is 0 Å². The standard InChI is InChI=1S/C24H21ClF2N4O/c1-3-31-13-16(8-15-12-28-23(25)11-22(15)31)19-10-21(20(27)7-14(19)2)30-24(32)29-18-6-4-5-17(26)9-18/h4-12H,3,13H2,1-2H3,(H2,29,30,32). The Morgan fingerprint density at radius 2 is 2.00 bits per heavy atom. The summed E-state index contributed by atoms with van der Waals surface area (Å²) in [5.74, 6) is -1.04. The predicted octanol–water partition coefficient (Wildman–Crippen LogP) is 6.35. The molecule has 0 fully saturated rings. The fourth-order valence-electron chi connectivity index (χ4n) is 3.75. The van der Waals surface area contributed by atoms with Crippen molar-refractivity contribution in [2.45, 2.75) is 13.8 Å². The van der Waals surface area contributed by atoms with Gasteiger partial charge < -0.3 is 15.5 Å². The molecule has 8 heteroatoms. The maximum atomic E-state index is 14.6. The summed E-state index contributed by atoms with van der Waals surface area (Å²) in [4.78, 5) is 18.7. The second-order valence-electron chi connectivity index (χ2n) is 7.49. The molecule has 0 unspecified atom stereocenters. The first-order valence-electron chi connectivity index (χ1n) is 10.1. The maximum Gasteiger partial charge on any atom is 0.323 e. The van der Waals surface area contributed by atoms with Crippen LogP contribution >= 0.6 is 11.6 Å². The molecule has 0 saturated carbocycles. The van der Waals surface area contributed by atoms with Gasteiger partial charge in [-0.25, -0.2) is 18.6 Å². The van der Waals surface area contributed by atoms with Crippen molar-refractivity contribution in [2.24, 2.45) is 0 Å². The van der Waals surface area contributed by atoms with Gasteiger partial charge in [0.25, 0.3) is 0 Å². The van der Waals surface area contributed by atoms with E-state index in [0.717, 1.165) is 34.5 Å². The first-order valence-corrected chi connectivity index (χ1v) is 10.5. The molecule has 2 N–H and O–H groups in total. The lowest BCUT2D eigenvalue weighted by Gasteiger charge is -2.31. The lowest BCUT2D eigenvalue weighted by atomic mass is 9.94. The van der Waals surface area contributed by atoms with Crippen molar-refractivity contribution in [3.63, 3.8) is 0 Å². The fraction of sp³-hybridized carbons (Fsp3) is 0.167. The number of benzene rings is 2. The highest BCUT2D eigenvalue weighted by Crippen LogP contribution is 2.35. The fourth-order valence-corrected chi connectivity index (χ4v) is 3.90. The largest absolute Gasteiger partial charge is 0.367 e. The number of carbonyl (C=O) groups excluding carboxylic acids is 1. The van der Waals surface area contributed by atoms with Crippen LogP contribution in [0.15, 0.2) is 48.7 Å². The lowest BCUT2D eigenvalue weighted by molar-refractivity contribution is 0.262. The highest BCUT2D eigenvalue weighted by molar-refractivity contribution is 6.29. The molecule has 1 aromatic heterocycles. The third-order valence-electron chi connectivity index (χ3n) is 5.28. The van der Waals surface area contributed by atoms with Crippen LogP contribution in [0.5, 0.6) is 0 Å². The number of carbonyl (C=O) groups is 1. The molecule has 164 valence electrons. The van der Waals surface area contributed by atoms with Gasteiger partial charge >= 0.3 is 6.03 Å². The summed E-state index contributed by atoms with van der Waals surface area (Å²) in [7, 11) is 0.